The Labute approximate surface area is 250 Å². The van der Waals surface area contributed by atoms with Crippen molar-refractivity contribution in [3.63, 3.8) is 0 Å². The molecule has 0 saturated heterocycles. The second kappa shape index (κ2) is 12.9. The summed E-state index contributed by atoms with van der Waals surface area (Å²) >= 11 is 0. The lowest BCUT2D eigenvalue weighted by Gasteiger charge is -2.27. The summed E-state index contributed by atoms with van der Waals surface area (Å²) in [7, 11) is 0. The van der Waals surface area contributed by atoms with Crippen molar-refractivity contribution in [1.82, 2.24) is 19.8 Å². The molecule has 14 heteroatoms. The quantitative estimate of drug-likeness (QED) is 0.221. The number of carbonyl (C=O) groups excluding carboxylic acids is 3. The molecule has 1 N–H and O–H groups in total. The summed E-state index contributed by atoms with van der Waals surface area (Å²) in [5, 5.41) is 9.56. The number of aromatic nitrogens is 4. The smallest absolute Gasteiger partial charge is 0.412 e. The van der Waals surface area contributed by atoms with Gasteiger partial charge in [-0.1, -0.05) is 36.4 Å². The Bertz CT molecular complexity index is 1730. The highest BCUT2D eigenvalue weighted by atomic mass is 19.1. The summed E-state index contributed by atoms with van der Waals surface area (Å²) in [6.07, 6.45) is -0.831. The number of carbonyl (C=O) groups is 3. The summed E-state index contributed by atoms with van der Waals surface area (Å²) in [5.74, 6) is -2.99. The van der Waals surface area contributed by atoms with E-state index in [9.17, 15) is 28.0 Å². The van der Waals surface area contributed by atoms with Gasteiger partial charge in [-0.25, -0.2) is 28.0 Å². The number of esters is 1. The van der Waals surface area contributed by atoms with Crippen molar-refractivity contribution in [3.8, 4) is 5.69 Å². The molecule has 0 spiro atoms. The minimum Gasteiger partial charge on any atom is -0.457 e. The fourth-order valence-electron chi connectivity index (χ4n) is 4.10. The van der Waals surface area contributed by atoms with Gasteiger partial charge >= 0.3 is 23.8 Å². The predicted octanol–water partition coefficient (Wildman–Crippen LogP) is 5.29. The second-order valence-corrected chi connectivity index (χ2v) is 10.8. The van der Waals surface area contributed by atoms with Crippen LogP contribution in [-0.2, 0) is 16.1 Å². The van der Waals surface area contributed by atoms with Gasteiger partial charge in [0.15, 0.2) is 11.6 Å². The van der Waals surface area contributed by atoms with E-state index >= 15 is 0 Å². The lowest BCUT2D eigenvalue weighted by Crippen LogP contribution is -2.44. The predicted molar refractivity (Wildman–Crippen MR) is 156 cm³/mol. The highest BCUT2D eigenvalue weighted by Gasteiger charge is 2.29. The number of tetrazole rings is 1. The summed E-state index contributed by atoms with van der Waals surface area (Å²) in [6, 6.07) is 14.3. The van der Waals surface area contributed by atoms with Crippen LogP contribution in [-0.4, -0.2) is 49.5 Å². The number of hydrogen-bond donors (Lipinski definition) is 1. The average Bonchev–Trinajstić information content (AvgIpc) is 3.32. The average molecular weight is 609 g/mol. The van der Waals surface area contributed by atoms with E-state index in [1.165, 1.54) is 18.2 Å². The van der Waals surface area contributed by atoms with Crippen LogP contribution in [0.2, 0.25) is 0 Å². The number of hydrogen-bond acceptors (Lipinski definition) is 8. The Morgan fingerprint density at radius 2 is 1.61 bits per heavy atom. The molecule has 0 saturated carbocycles. The monoisotopic (exact) mass is 608 g/mol. The molecule has 3 aromatic carbocycles. The normalized spacial score (nSPS) is 11.3. The van der Waals surface area contributed by atoms with E-state index in [2.05, 4.69) is 15.7 Å². The van der Waals surface area contributed by atoms with Crippen molar-refractivity contribution >= 4 is 29.5 Å². The van der Waals surface area contributed by atoms with Gasteiger partial charge in [0.2, 0.25) is 0 Å². The molecular weight excluding hydrogens is 578 g/mol. The Morgan fingerprint density at radius 3 is 2.23 bits per heavy atom. The van der Waals surface area contributed by atoms with Crippen LogP contribution in [0.5, 0.6) is 0 Å². The Kier molecular flexibility index (Phi) is 9.21. The molecule has 0 aliphatic carbocycles. The highest BCUT2D eigenvalue weighted by molar-refractivity contribution is 6.02. The lowest BCUT2D eigenvalue weighted by molar-refractivity contribution is 0.0474. The zero-order valence-corrected chi connectivity index (χ0v) is 24.6. The third kappa shape index (κ3) is 7.14. The van der Waals surface area contributed by atoms with Crippen molar-refractivity contribution in [3.05, 3.63) is 100.0 Å². The largest absolute Gasteiger partial charge is 0.457 e. The van der Waals surface area contributed by atoms with E-state index in [0.717, 1.165) is 23.1 Å². The Hall–Kier alpha value is -5.40. The highest BCUT2D eigenvalue weighted by Crippen LogP contribution is 2.27. The Morgan fingerprint density at radius 1 is 0.955 bits per heavy atom. The molecule has 0 aliphatic heterocycles. The van der Waals surface area contributed by atoms with Crippen LogP contribution in [0.15, 0.2) is 71.5 Å². The van der Waals surface area contributed by atoms with Gasteiger partial charge in [-0.15, -0.1) is 4.68 Å². The first-order valence-corrected chi connectivity index (χ1v) is 13.4. The van der Waals surface area contributed by atoms with Gasteiger partial charge < -0.3 is 9.47 Å². The number of para-hydroxylation sites is 1. The molecule has 230 valence electrons. The second-order valence-electron chi connectivity index (χ2n) is 10.8. The maximum atomic E-state index is 14.3. The molecule has 0 bridgehead atoms. The van der Waals surface area contributed by atoms with E-state index in [1.54, 1.807) is 58.9 Å². The van der Waals surface area contributed by atoms with E-state index < -0.39 is 52.7 Å². The fourth-order valence-corrected chi connectivity index (χ4v) is 4.10. The van der Waals surface area contributed by atoms with Crippen LogP contribution < -0.4 is 15.9 Å². The van der Waals surface area contributed by atoms with Gasteiger partial charge in [-0.3, -0.25) is 10.2 Å². The molecule has 0 radical (unpaired) electrons. The first-order chi connectivity index (χ1) is 20.8. The third-order valence-corrected chi connectivity index (χ3v) is 5.98. The number of nitrogens with one attached hydrogen (secondary N) is 1. The van der Waals surface area contributed by atoms with Crippen molar-refractivity contribution in [2.45, 2.75) is 52.9 Å². The van der Waals surface area contributed by atoms with Gasteiger partial charge in [0.05, 0.1) is 11.3 Å². The maximum absolute atomic E-state index is 14.3. The number of rotatable bonds is 7. The van der Waals surface area contributed by atoms with Crippen LogP contribution in [0, 0.1) is 11.6 Å². The fraction of sp³-hybridized carbons (Fsp3) is 0.267. The molecule has 1 heterocycles. The van der Waals surface area contributed by atoms with Crippen LogP contribution in [0.3, 0.4) is 0 Å². The molecule has 44 heavy (non-hydrogen) atoms. The maximum Gasteiger partial charge on any atom is 0.412 e. The zero-order chi connectivity index (χ0) is 32.2. The van der Waals surface area contributed by atoms with Crippen LogP contribution in [0.4, 0.5) is 29.7 Å². The molecule has 0 aliphatic rings. The third-order valence-electron chi connectivity index (χ3n) is 5.98. The van der Waals surface area contributed by atoms with Crippen molar-refractivity contribution < 1.29 is 32.6 Å². The van der Waals surface area contributed by atoms with Crippen molar-refractivity contribution in [1.29, 1.82) is 0 Å². The van der Waals surface area contributed by atoms with Crippen LogP contribution in [0.1, 0.15) is 50.5 Å². The molecule has 12 nitrogen and oxygen atoms in total. The van der Waals surface area contributed by atoms with E-state index in [-0.39, 0.29) is 23.5 Å². The molecular formula is C30H30F2N6O6. The molecule has 2 amide bonds. The first kappa shape index (κ1) is 31.5. The topological polar surface area (TPSA) is 138 Å². The summed E-state index contributed by atoms with van der Waals surface area (Å²) < 4.78 is 40.1. The van der Waals surface area contributed by atoms with Crippen molar-refractivity contribution in [2.75, 3.05) is 10.2 Å². The van der Waals surface area contributed by atoms with Gasteiger partial charge in [-0.2, -0.15) is 4.68 Å². The number of amides is 2. The number of nitrogens with zero attached hydrogens (tertiary/aromatic N) is 5. The van der Waals surface area contributed by atoms with Gasteiger partial charge in [0.1, 0.15) is 17.9 Å². The lowest BCUT2D eigenvalue weighted by atomic mass is 10.1. The van der Waals surface area contributed by atoms with E-state index in [1.807, 2.05) is 6.07 Å². The Balaban J connectivity index is 1.72. The minimum absolute atomic E-state index is 0.0374. The van der Waals surface area contributed by atoms with Gasteiger partial charge in [0, 0.05) is 11.7 Å². The molecule has 0 unspecified atom stereocenters. The van der Waals surface area contributed by atoms with Crippen molar-refractivity contribution in [2.24, 2.45) is 0 Å². The SMILES string of the molecule is CC(C)N(C(=O)n1nnn(-c2c(F)cccc2F)c1=O)c1ccc(NC(=O)OC(C)(C)C)c(C(=O)OCc2ccccc2)c1. The van der Waals surface area contributed by atoms with Gasteiger partial charge in [-0.05, 0) is 80.9 Å². The zero-order valence-electron chi connectivity index (χ0n) is 24.6. The number of halogens is 2. The molecule has 0 fully saturated rings. The molecule has 4 aromatic rings. The van der Waals surface area contributed by atoms with Crippen LogP contribution >= 0.6 is 0 Å². The summed E-state index contributed by atoms with van der Waals surface area (Å²) in [5.41, 5.74) is -2.10. The molecule has 1 aromatic heterocycles. The molecule has 0 atom stereocenters. The van der Waals surface area contributed by atoms with Crippen LogP contribution in [0.25, 0.3) is 5.69 Å². The standard InChI is InChI=1S/C30H30F2N6O6/c1-18(2)36(28(41)38-29(42)37(34-35-38)25-22(31)12-9-13-23(25)32)20-14-15-24(33-27(40)44-30(3,4)5)21(16-20)26(39)43-17-19-10-7-6-8-11-19/h6-16,18H,17H2,1-5H3,(H,33,40). The summed E-state index contributed by atoms with van der Waals surface area (Å²) in [4.78, 5) is 53.6. The van der Waals surface area contributed by atoms with E-state index in [0.29, 0.717) is 14.9 Å². The van der Waals surface area contributed by atoms with Gasteiger partial charge in [0.25, 0.3) is 0 Å². The number of ether oxygens (including phenoxy) is 2. The minimum atomic E-state index is -1.23. The first-order valence-electron chi connectivity index (χ1n) is 13.4. The van der Waals surface area contributed by atoms with E-state index in [4.69, 9.17) is 9.47 Å². The summed E-state index contributed by atoms with van der Waals surface area (Å²) in [6.45, 7) is 8.21. The number of benzene rings is 3. The number of anilines is 2. The molecule has 4 rings (SSSR count).